The van der Waals surface area contributed by atoms with E-state index in [9.17, 15) is 9.59 Å². The van der Waals surface area contributed by atoms with Gasteiger partial charge < -0.3 is 19.3 Å². The van der Waals surface area contributed by atoms with Gasteiger partial charge in [0.05, 0.1) is 0 Å². The lowest BCUT2D eigenvalue weighted by Gasteiger charge is -2.40. The molecule has 0 bridgehead atoms. The molecular weight excluding hydrogens is 428 g/mol. The number of hydrogen-bond donors (Lipinski definition) is 0. The summed E-state index contributed by atoms with van der Waals surface area (Å²) >= 11 is 0. The lowest BCUT2D eigenvalue weighted by atomic mass is 9.78. The molecule has 5 rings (SSSR count). The quantitative estimate of drug-likeness (QED) is 0.661. The zero-order valence-electron chi connectivity index (χ0n) is 20.4. The van der Waals surface area contributed by atoms with Gasteiger partial charge in [0, 0.05) is 37.3 Å². The van der Waals surface area contributed by atoms with Crippen LogP contribution in [0.5, 0.6) is 11.5 Å². The third-order valence-corrected chi connectivity index (χ3v) is 7.83. The smallest absolute Gasteiger partial charge is 0.254 e. The maximum Gasteiger partial charge on any atom is 0.254 e. The predicted octanol–water partition coefficient (Wildman–Crippen LogP) is 4.75. The first-order chi connectivity index (χ1) is 16.4. The van der Waals surface area contributed by atoms with Crippen LogP contribution in [0.15, 0.2) is 30.3 Å². The van der Waals surface area contributed by atoms with Crippen molar-refractivity contribution in [1.82, 2.24) is 9.80 Å². The van der Waals surface area contributed by atoms with Crippen molar-refractivity contribution >= 4 is 11.8 Å². The molecule has 2 aromatic rings. The molecule has 0 radical (unpaired) electrons. The number of hydrogen-bond acceptors (Lipinski definition) is 4. The third kappa shape index (κ3) is 4.38. The molecule has 180 valence electrons. The number of carbonyl (C=O) groups excluding carboxylic acids is 2. The van der Waals surface area contributed by atoms with Crippen LogP contribution in [0.2, 0.25) is 0 Å². The zero-order chi connectivity index (χ0) is 23.8. The summed E-state index contributed by atoms with van der Waals surface area (Å²) in [7, 11) is 0. The molecule has 3 aliphatic heterocycles. The monoisotopic (exact) mass is 462 g/mol. The van der Waals surface area contributed by atoms with Gasteiger partial charge in [0.15, 0.2) is 11.5 Å². The van der Waals surface area contributed by atoms with Gasteiger partial charge in [0.1, 0.15) is 0 Å². The van der Waals surface area contributed by atoms with E-state index in [4.69, 9.17) is 9.47 Å². The summed E-state index contributed by atoms with van der Waals surface area (Å²) in [6.07, 6.45) is 4.17. The summed E-state index contributed by atoms with van der Waals surface area (Å²) in [4.78, 5) is 30.2. The van der Waals surface area contributed by atoms with Gasteiger partial charge in [-0.25, -0.2) is 0 Å². The van der Waals surface area contributed by atoms with Crippen molar-refractivity contribution in [3.8, 4) is 11.5 Å². The van der Waals surface area contributed by atoms with Crippen LogP contribution in [0.3, 0.4) is 0 Å². The molecular formula is C28H34N2O4. The zero-order valence-corrected chi connectivity index (χ0v) is 20.4. The molecule has 0 unspecified atom stereocenters. The Morgan fingerprint density at radius 3 is 1.85 bits per heavy atom. The number of aryl methyl sites for hydroxylation is 3. The van der Waals surface area contributed by atoms with E-state index >= 15 is 0 Å². The Hall–Kier alpha value is -3.02. The first kappa shape index (κ1) is 22.8. The SMILES string of the molecule is Cc1cc(C)c(C(=O)N2CCC(C3CCN(C(=O)c4ccc5c(c4)OCO5)CC3)CC2)c(C)c1. The van der Waals surface area contributed by atoms with E-state index in [0.717, 1.165) is 68.6 Å². The molecule has 0 saturated carbocycles. The van der Waals surface area contributed by atoms with Crippen LogP contribution in [0.1, 0.15) is 63.1 Å². The number of likely N-dealkylation sites (tertiary alicyclic amines) is 2. The molecule has 2 saturated heterocycles. The second-order valence-electron chi connectivity index (χ2n) is 10.1. The fourth-order valence-electron chi connectivity index (χ4n) is 6.04. The molecule has 6 heteroatoms. The summed E-state index contributed by atoms with van der Waals surface area (Å²) in [5.41, 5.74) is 4.89. The Labute approximate surface area is 201 Å². The summed E-state index contributed by atoms with van der Waals surface area (Å²) in [5.74, 6) is 2.86. The second kappa shape index (κ2) is 9.32. The highest BCUT2D eigenvalue weighted by Crippen LogP contribution is 2.35. The van der Waals surface area contributed by atoms with Crippen LogP contribution < -0.4 is 9.47 Å². The van der Waals surface area contributed by atoms with Gasteiger partial charge in [0.2, 0.25) is 6.79 Å². The van der Waals surface area contributed by atoms with Crippen LogP contribution in [-0.4, -0.2) is 54.6 Å². The lowest BCUT2D eigenvalue weighted by Crippen LogP contribution is -2.44. The van der Waals surface area contributed by atoms with Gasteiger partial charge in [-0.15, -0.1) is 0 Å². The van der Waals surface area contributed by atoms with E-state index in [1.807, 2.05) is 35.8 Å². The van der Waals surface area contributed by atoms with Gasteiger partial charge in [-0.05, 0) is 87.6 Å². The minimum atomic E-state index is 0.0704. The maximum atomic E-state index is 13.2. The van der Waals surface area contributed by atoms with Gasteiger partial charge >= 0.3 is 0 Å². The highest BCUT2D eigenvalue weighted by molar-refractivity contribution is 5.97. The molecule has 2 amide bonds. The maximum absolute atomic E-state index is 13.2. The first-order valence-electron chi connectivity index (χ1n) is 12.5. The highest BCUT2D eigenvalue weighted by atomic mass is 16.7. The molecule has 2 fully saturated rings. The number of rotatable bonds is 3. The Morgan fingerprint density at radius 1 is 0.735 bits per heavy atom. The minimum absolute atomic E-state index is 0.0704. The van der Waals surface area contributed by atoms with Crippen molar-refractivity contribution < 1.29 is 19.1 Å². The van der Waals surface area contributed by atoms with Crippen LogP contribution in [0, 0.1) is 32.6 Å². The third-order valence-electron chi connectivity index (χ3n) is 7.83. The second-order valence-corrected chi connectivity index (χ2v) is 10.1. The van der Waals surface area contributed by atoms with Crippen molar-refractivity contribution in [2.45, 2.75) is 46.5 Å². The Bertz CT molecular complexity index is 1070. The fourth-order valence-corrected chi connectivity index (χ4v) is 6.04. The summed E-state index contributed by atoms with van der Waals surface area (Å²) in [5, 5.41) is 0. The number of amides is 2. The fraction of sp³-hybridized carbons (Fsp3) is 0.500. The van der Waals surface area contributed by atoms with Crippen LogP contribution in [0.4, 0.5) is 0 Å². The van der Waals surface area contributed by atoms with Gasteiger partial charge in [0.25, 0.3) is 11.8 Å². The largest absolute Gasteiger partial charge is 0.454 e. The molecule has 0 spiro atoms. The summed E-state index contributed by atoms with van der Waals surface area (Å²) in [6, 6.07) is 9.64. The van der Waals surface area contributed by atoms with E-state index in [2.05, 4.69) is 19.1 Å². The normalized spacial score (nSPS) is 18.9. The summed E-state index contributed by atoms with van der Waals surface area (Å²) < 4.78 is 10.8. The standard InChI is InChI=1S/C28H34N2O4/c1-18-14-19(2)26(20(3)15-18)28(32)30-12-8-22(9-13-30)21-6-10-29(11-7-21)27(31)23-4-5-24-25(16-23)34-17-33-24/h4-5,14-16,21-22H,6-13,17H2,1-3H3. The molecule has 0 aromatic heterocycles. The molecule has 34 heavy (non-hydrogen) atoms. The molecule has 0 aliphatic carbocycles. The van der Waals surface area contributed by atoms with Gasteiger partial charge in [-0.2, -0.15) is 0 Å². The van der Waals surface area contributed by atoms with E-state index < -0.39 is 0 Å². The van der Waals surface area contributed by atoms with Crippen molar-refractivity contribution in [2.75, 3.05) is 33.0 Å². The van der Waals surface area contributed by atoms with Crippen molar-refractivity contribution in [3.63, 3.8) is 0 Å². The van der Waals surface area contributed by atoms with Gasteiger partial charge in [-0.1, -0.05) is 17.7 Å². The van der Waals surface area contributed by atoms with Crippen LogP contribution in [0.25, 0.3) is 0 Å². The minimum Gasteiger partial charge on any atom is -0.454 e. The van der Waals surface area contributed by atoms with Crippen molar-refractivity contribution in [3.05, 3.63) is 58.1 Å². The lowest BCUT2D eigenvalue weighted by molar-refractivity contribution is 0.0536. The number of fused-ring (bicyclic) bond motifs is 1. The van der Waals surface area contributed by atoms with E-state index in [1.165, 1.54) is 5.56 Å². The van der Waals surface area contributed by atoms with Crippen LogP contribution >= 0.6 is 0 Å². The molecule has 2 aromatic carbocycles. The highest BCUT2D eigenvalue weighted by Gasteiger charge is 2.33. The number of piperidine rings is 2. The Kier molecular flexibility index (Phi) is 6.24. The van der Waals surface area contributed by atoms with Crippen molar-refractivity contribution in [1.29, 1.82) is 0 Å². The van der Waals surface area contributed by atoms with Crippen LogP contribution in [-0.2, 0) is 0 Å². The number of nitrogens with zero attached hydrogens (tertiary/aromatic N) is 2. The number of ether oxygens (including phenoxy) is 2. The van der Waals surface area contributed by atoms with E-state index in [0.29, 0.717) is 28.9 Å². The average Bonchev–Trinajstić information content (AvgIpc) is 3.31. The Morgan fingerprint density at radius 2 is 1.26 bits per heavy atom. The van der Waals surface area contributed by atoms with Gasteiger partial charge in [-0.3, -0.25) is 9.59 Å². The molecule has 3 heterocycles. The van der Waals surface area contributed by atoms with E-state index in [-0.39, 0.29) is 18.6 Å². The average molecular weight is 463 g/mol. The Balaban J connectivity index is 1.14. The first-order valence-corrected chi connectivity index (χ1v) is 12.5. The van der Waals surface area contributed by atoms with E-state index in [1.54, 1.807) is 6.07 Å². The molecule has 0 N–H and O–H groups in total. The molecule has 3 aliphatic rings. The topological polar surface area (TPSA) is 59.1 Å². The number of benzene rings is 2. The summed E-state index contributed by atoms with van der Waals surface area (Å²) in [6.45, 7) is 9.61. The van der Waals surface area contributed by atoms with Crippen molar-refractivity contribution in [2.24, 2.45) is 11.8 Å². The number of carbonyl (C=O) groups is 2. The molecule has 0 atom stereocenters. The predicted molar refractivity (Wildman–Crippen MR) is 130 cm³/mol. The molecule has 6 nitrogen and oxygen atoms in total.